The van der Waals surface area contributed by atoms with Crippen molar-refractivity contribution in [3.63, 3.8) is 0 Å². The van der Waals surface area contributed by atoms with E-state index in [9.17, 15) is 14.4 Å². The highest BCUT2D eigenvalue weighted by Crippen LogP contribution is 2.38. The number of amides is 1. The van der Waals surface area contributed by atoms with Crippen molar-refractivity contribution in [2.24, 2.45) is 0 Å². The van der Waals surface area contributed by atoms with E-state index in [0.29, 0.717) is 26.8 Å². The van der Waals surface area contributed by atoms with Crippen molar-refractivity contribution in [1.82, 2.24) is 4.37 Å². The van der Waals surface area contributed by atoms with Crippen molar-refractivity contribution in [3.8, 4) is 5.75 Å². The third kappa shape index (κ3) is 5.74. The lowest BCUT2D eigenvalue weighted by Gasteiger charge is -2.08. The van der Waals surface area contributed by atoms with Crippen molar-refractivity contribution in [2.75, 3.05) is 12.4 Å². The molecule has 4 aromatic rings. The average Bonchev–Trinajstić information content (AvgIpc) is 3.27. The summed E-state index contributed by atoms with van der Waals surface area (Å²) < 4.78 is 9.92. The Morgan fingerprint density at radius 2 is 1.35 bits per heavy atom. The number of benzene rings is 3. The molecule has 1 N–H and O–H groups in total. The van der Waals surface area contributed by atoms with Crippen LogP contribution in [0.2, 0.25) is 0 Å². The molecule has 3 aromatic carbocycles. The summed E-state index contributed by atoms with van der Waals surface area (Å²) in [5, 5.41) is 2.63. The van der Waals surface area contributed by atoms with E-state index in [-0.39, 0.29) is 20.8 Å². The molecule has 0 atom stereocenters. The van der Waals surface area contributed by atoms with Gasteiger partial charge in [0, 0.05) is 16.8 Å². The van der Waals surface area contributed by atoms with Crippen LogP contribution >= 0.6 is 35.1 Å². The van der Waals surface area contributed by atoms with E-state index in [2.05, 4.69) is 9.69 Å². The minimum Gasteiger partial charge on any atom is -0.497 e. The van der Waals surface area contributed by atoms with Crippen LogP contribution in [0.1, 0.15) is 31.1 Å². The van der Waals surface area contributed by atoms with E-state index in [1.807, 2.05) is 12.1 Å². The summed E-state index contributed by atoms with van der Waals surface area (Å²) in [6.45, 7) is 0. The monoisotopic (exact) mass is 506 g/mol. The number of carbonyl (C=O) groups excluding carboxylic acids is 3. The highest BCUT2D eigenvalue weighted by molar-refractivity contribution is 8.16. The normalized spacial score (nSPS) is 10.5. The van der Waals surface area contributed by atoms with Crippen molar-refractivity contribution in [2.45, 2.75) is 9.24 Å². The Bertz CT molecular complexity index is 1240. The lowest BCUT2D eigenvalue weighted by Crippen LogP contribution is -2.13. The molecule has 34 heavy (non-hydrogen) atoms. The molecule has 9 heteroatoms. The molecule has 0 saturated carbocycles. The van der Waals surface area contributed by atoms with Crippen LogP contribution in [0, 0.1) is 0 Å². The SMILES string of the molecule is COc1ccc(NC(=O)c2c(SC(=O)c3ccccc3)nsc2SC(=O)c2ccccc2)cc1. The molecule has 0 radical (unpaired) electrons. The first kappa shape index (κ1) is 23.7. The maximum Gasteiger partial charge on any atom is 0.260 e. The number of hydrogen-bond acceptors (Lipinski definition) is 8. The maximum absolute atomic E-state index is 13.3. The summed E-state index contributed by atoms with van der Waals surface area (Å²) in [6, 6.07) is 24.4. The molecule has 0 saturated heterocycles. The molecule has 170 valence electrons. The van der Waals surface area contributed by atoms with E-state index in [1.54, 1.807) is 79.9 Å². The van der Waals surface area contributed by atoms with Crippen LogP contribution in [0.25, 0.3) is 0 Å². The second kappa shape index (κ2) is 11.1. The lowest BCUT2D eigenvalue weighted by atomic mass is 10.2. The Balaban J connectivity index is 1.63. The predicted octanol–water partition coefficient (Wildman–Crippen LogP) is 6.27. The average molecular weight is 507 g/mol. The van der Waals surface area contributed by atoms with Gasteiger partial charge in [-0.15, -0.1) is 0 Å². The first-order valence-corrected chi connectivity index (χ1v) is 12.5. The first-order valence-electron chi connectivity index (χ1n) is 10.0. The smallest absolute Gasteiger partial charge is 0.260 e. The molecular formula is C25H18N2O4S3. The molecule has 4 rings (SSSR count). The van der Waals surface area contributed by atoms with Crippen molar-refractivity contribution in [1.29, 1.82) is 0 Å². The van der Waals surface area contributed by atoms with Gasteiger partial charge >= 0.3 is 0 Å². The Morgan fingerprint density at radius 3 is 1.91 bits per heavy atom. The van der Waals surface area contributed by atoms with Crippen LogP contribution in [-0.2, 0) is 0 Å². The first-order chi connectivity index (χ1) is 16.5. The highest BCUT2D eigenvalue weighted by Gasteiger charge is 2.26. The summed E-state index contributed by atoms with van der Waals surface area (Å²) in [7, 11) is 1.56. The van der Waals surface area contributed by atoms with Crippen LogP contribution in [0.5, 0.6) is 5.75 Å². The van der Waals surface area contributed by atoms with Gasteiger partial charge in [0.05, 0.1) is 12.7 Å². The van der Waals surface area contributed by atoms with E-state index >= 15 is 0 Å². The number of ether oxygens (including phenoxy) is 1. The van der Waals surface area contributed by atoms with E-state index in [0.717, 1.165) is 35.1 Å². The van der Waals surface area contributed by atoms with Crippen molar-refractivity contribution in [3.05, 3.63) is 102 Å². The number of nitrogens with zero attached hydrogens (tertiary/aromatic N) is 1. The predicted molar refractivity (Wildman–Crippen MR) is 136 cm³/mol. The Morgan fingerprint density at radius 1 is 0.794 bits per heavy atom. The third-order valence-corrected chi connectivity index (χ3v) is 7.55. The second-order valence-electron chi connectivity index (χ2n) is 6.84. The van der Waals surface area contributed by atoms with Gasteiger partial charge in [-0.25, -0.2) is 0 Å². The molecule has 0 bridgehead atoms. The van der Waals surface area contributed by atoms with Gasteiger partial charge in [0.2, 0.25) is 10.2 Å². The molecule has 1 aromatic heterocycles. The fourth-order valence-electron chi connectivity index (χ4n) is 2.90. The number of aromatic nitrogens is 1. The van der Waals surface area contributed by atoms with Crippen LogP contribution in [0.3, 0.4) is 0 Å². The molecule has 0 aliphatic rings. The van der Waals surface area contributed by atoms with Crippen LogP contribution in [0.15, 0.2) is 94.2 Å². The van der Waals surface area contributed by atoms with Crippen molar-refractivity contribution >= 4 is 56.9 Å². The summed E-state index contributed by atoms with van der Waals surface area (Å²) in [5.74, 6) is 0.204. The number of thioether (sulfide) groups is 2. The van der Waals surface area contributed by atoms with Gasteiger partial charge < -0.3 is 10.1 Å². The Kier molecular flexibility index (Phi) is 7.79. The molecule has 0 spiro atoms. The Hall–Kier alpha value is -3.40. The van der Waals surface area contributed by atoms with E-state index in [1.165, 1.54) is 0 Å². The van der Waals surface area contributed by atoms with Crippen LogP contribution in [0.4, 0.5) is 5.69 Å². The quantitative estimate of drug-likeness (QED) is 0.296. The zero-order chi connectivity index (χ0) is 23.9. The highest BCUT2D eigenvalue weighted by atomic mass is 32.2. The standard InChI is InChI=1S/C25H18N2O4S3/c1-31-19-14-12-18(13-15-19)26-21(28)20-22(32-23(29)16-8-4-2-5-9-16)27-34-25(20)33-24(30)17-10-6-3-7-11-17/h2-15H,1H3,(H,26,28). The number of hydrogen-bond donors (Lipinski definition) is 1. The maximum atomic E-state index is 13.3. The summed E-state index contributed by atoms with van der Waals surface area (Å²) >= 11 is 2.81. The topological polar surface area (TPSA) is 85.4 Å². The van der Waals surface area contributed by atoms with Gasteiger partial charge in [-0.05, 0) is 59.3 Å². The number of carbonyl (C=O) groups is 3. The summed E-state index contributed by atoms with van der Waals surface area (Å²) in [5.41, 5.74) is 1.76. The van der Waals surface area contributed by atoms with Gasteiger partial charge in [0.15, 0.2) is 0 Å². The van der Waals surface area contributed by atoms with Crippen LogP contribution < -0.4 is 10.1 Å². The van der Waals surface area contributed by atoms with Gasteiger partial charge in [-0.2, -0.15) is 4.37 Å². The van der Waals surface area contributed by atoms with Gasteiger partial charge in [0.25, 0.3) is 5.91 Å². The minimum absolute atomic E-state index is 0.199. The molecule has 0 aliphatic heterocycles. The number of anilines is 1. The van der Waals surface area contributed by atoms with E-state index < -0.39 is 5.91 Å². The molecule has 1 amide bonds. The second-order valence-corrected chi connectivity index (χ2v) is 9.82. The van der Waals surface area contributed by atoms with Gasteiger partial charge in [0.1, 0.15) is 15.0 Å². The lowest BCUT2D eigenvalue weighted by molar-refractivity contribution is 0.102. The van der Waals surface area contributed by atoms with Crippen molar-refractivity contribution < 1.29 is 19.1 Å². The van der Waals surface area contributed by atoms with Gasteiger partial charge in [-0.1, -0.05) is 60.7 Å². The van der Waals surface area contributed by atoms with Gasteiger partial charge in [-0.3, -0.25) is 14.4 Å². The number of rotatable bonds is 7. The number of methoxy groups -OCH3 is 1. The third-order valence-electron chi connectivity index (χ3n) is 4.60. The summed E-state index contributed by atoms with van der Waals surface area (Å²) in [4.78, 5) is 38.9. The molecular weight excluding hydrogens is 488 g/mol. The molecule has 0 aliphatic carbocycles. The molecule has 0 unspecified atom stereocenters. The fourth-order valence-corrected chi connectivity index (χ4v) is 5.75. The zero-order valence-electron chi connectivity index (χ0n) is 17.9. The molecule has 6 nitrogen and oxygen atoms in total. The molecule has 0 fully saturated rings. The fraction of sp³-hybridized carbons (Fsp3) is 0.0400. The summed E-state index contributed by atoms with van der Waals surface area (Å²) in [6.07, 6.45) is 0. The largest absolute Gasteiger partial charge is 0.497 e. The zero-order valence-corrected chi connectivity index (χ0v) is 20.3. The van der Waals surface area contributed by atoms with Crippen LogP contribution in [-0.4, -0.2) is 27.6 Å². The molecule has 1 heterocycles. The Labute approximate surface area is 208 Å². The minimum atomic E-state index is -0.453. The number of nitrogens with one attached hydrogen (secondary N) is 1. The van der Waals surface area contributed by atoms with E-state index in [4.69, 9.17) is 4.74 Å².